The van der Waals surface area contributed by atoms with E-state index < -0.39 is 11.6 Å². The zero-order valence-electron chi connectivity index (χ0n) is 21.9. The molecule has 0 fully saturated rings. The maximum atomic E-state index is 12.6. The Morgan fingerprint density at radius 1 is 0.971 bits per heavy atom. The number of rotatable bonds is 12. The van der Waals surface area contributed by atoms with E-state index in [1.165, 1.54) is 19.3 Å². The van der Waals surface area contributed by atoms with Crippen LogP contribution in [0.15, 0.2) is 54.8 Å². The summed E-state index contributed by atoms with van der Waals surface area (Å²) in [7, 11) is 0. The minimum absolute atomic E-state index is 0.0713. The van der Waals surface area contributed by atoms with Crippen molar-refractivity contribution in [1.29, 1.82) is 0 Å². The molecule has 2 aromatic rings. The number of ether oxygens (including phenoxy) is 3. The van der Waals surface area contributed by atoms with Gasteiger partial charge in [-0.3, -0.25) is 4.79 Å². The first-order valence-electron chi connectivity index (χ1n) is 12.2. The molecule has 0 saturated carbocycles. The van der Waals surface area contributed by atoms with Crippen molar-refractivity contribution in [1.82, 2.24) is 0 Å². The van der Waals surface area contributed by atoms with Gasteiger partial charge in [0, 0.05) is 5.56 Å². The summed E-state index contributed by atoms with van der Waals surface area (Å²) in [6, 6.07) is 11.0. The Morgan fingerprint density at radius 2 is 1.60 bits per heavy atom. The highest BCUT2D eigenvalue weighted by molar-refractivity contribution is 6.06. The predicted molar refractivity (Wildman–Crippen MR) is 141 cm³/mol. The number of hydrogen-bond donors (Lipinski definition) is 0. The Balaban J connectivity index is 1.99. The van der Waals surface area contributed by atoms with Crippen LogP contribution in [0, 0.1) is 13.8 Å². The number of unbranched alkanes of at least 4 members (excludes halogenated alkanes) is 3. The molecule has 0 aliphatic carbocycles. The predicted octanol–water partition coefficient (Wildman–Crippen LogP) is 7.39. The van der Waals surface area contributed by atoms with Gasteiger partial charge in [0.1, 0.15) is 17.1 Å². The fourth-order valence-corrected chi connectivity index (χ4v) is 3.44. The zero-order chi connectivity index (χ0) is 26.0. The highest BCUT2D eigenvalue weighted by Gasteiger charge is 2.21. The molecule has 0 aliphatic heterocycles. The summed E-state index contributed by atoms with van der Waals surface area (Å²) < 4.78 is 16.8. The zero-order valence-corrected chi connectivity index (χ0v) is 21.9. The molecular weight excluding hydrogens is 440 g/mol. The molecule has 35 heavy (non-hydrogen) atoms. The van der Waals surface area contributed by atoms with Crippen LogP contribution in [0.4, 0.5) is 0 Å². The largest absolute Gasteiger partial charge is 0.494 e. The van der Waals surface area contributed by atoms with Gasteiger partial charge >= 0.3 is 5.97 Å². The highest BCUT2D eigenvalue weighted by atomic mass is 16.6. The second-order valence-electron chi connectivity index (χ2n) is 9.64. The van der Waals surface area contributed by atoms with Crippen molar-refractivity contribution in [3.8, 4) is 11.5 Å². The van der Waals surface area contributed by atoms with Gasteiger partial charge in [-0.05, 0) is 107 Å². The summed E-state index contributed by atoms with van der Waals surface area (Å²) in [6.07, 6.45) is 7.95. The van der Waals surface area contributed by atoms with Gasteiger partial charge < -0.3 is 14.2 Å². The second-order valence-corrected chi connectivity index (χ2v) is 9.64. The molecule has 2 rings (SSSR count). The number of aryl methyl sites for hydroxylation is 2. The number of ketones is 1. The molecule has 0 radical (unpaired) electrons. The lowest BCUT2D eigenvalue weighted by atomic mass is 10.0. The first-order valence-corrected chi connectivity index (χ1v) is 12.2. The van der Waals surface area contributed by atoms with Crippen LogP contribution in [0.2, 0.25) is 0 Å². The Kier molecular flexibility index (Phi) is 10.3. The van der Waals surface area contributed by atoms with Crippen LogP contribution in [-0.2, 0) is 9.53 Å². The number of carbonyl (C=O) groups excluding carboxylic acids is 2. The third kappa shape index (κ3) is 9.44. The molecule has 0 saturated heterocycles. The summed E-state index contributed by atoms with van der Waals surface area (Å²) >= 11 is 0. The number of carbonyl (C=O) groups is 2. The molecule has 0 amide bonds. The van der Waals surface area contributed by atoms with E-state index in [1.54, 1.807) is 45.1 Å². The fourth-order valence-electron chi connectivity index (χ4n) is 3.44. The molecular formula is C30H38O5. The Morgan fingerprint density at radius 3 is 2.17 bits per heavy atom. The van der Waals surface area contributed by atoms with Gasteiger partial charge in [-0.25, -0.2) is 4.79 Å². The van der Waals surface area contributed by atoms with Crippen molar-refractivity contribution in [2.75, 3.05) is 6.61 Å². The van der Waals surface area contributed by atoms with Gasteiger partial charge in [0.25, 0.3) is 0 Å². The number of benzene rings is 2. The van der Waals surface area contributed by atoms with Crippen LogP contribution in [0.5, 0.6) is 11.5 Å². The lowest BCUT2D eigenvalue weighted by Crippen LogP contribution is -2.26. The Hall–Kier alpha value is -3.34. The van der Waals surface area contributed by atoms with Crippen LogP contribution >= 0.6 is 0 Å². The van der Waals surface area contributed by atoms with Crippen LogP contribution < -0.4 is 9.47 Å². The molecule has 5 nitrogen and oxygen atoms in total. The lowest BCUT2D eigenvalue weighted by Gasteiger charge is -2.21. The van der Waals surface area contributed by atoms with E-state index >= 15 is 0 Å². The molecule has 0 bridgehead atoms. The van der Waals surface area contributed by atoms with Crippen LogP contribution in [0.3, 0.4) is 0 Å². The number of allylic oxidation sites excluding steroid dienone is 1. The van der Waals surface area contributed by atoms with Crippen LogP contribution in [0.25, 0.3) is 6.08 Å². The maximum absolute atomic E-state index is 12.6. The Bertz CT molecular complexity index is 1030. The highest BCUT2D eigenvalue weighted by Crippen LogP contribution is 2.28. The van der Waals surface area contributed by atoms with Crippen molar-refractivity contribution in [3.05, 3.63) is 77.1 Å². The molecule has 0 N–H and O–H groups in total. The third-order valence-electron chi connectivity index (χ3n) is 5.17. The minimum atomic E-state index is -0.629. The summed E-state index contributed by atoms with van der Waals surface area (Å²) in [6.45, 7) is 15.7. The normalized spacial score (nSPS) is 11.4. The van der Waals surface area contributed by atoms with E-state index in [-0.39, 0.29) is 11.5 Å². The molecule has 0 spiro atoms. The van der Waals surface area contributed by atoms with E-state index in [2.05, 4.69) is 13.5 Å². The number of esters is 1. The average molecular weight is 479 g/mol. The first-order chi connectivity index (χ1) is 16.5. The van der Waals surface area contributed by atoms with Gasteiger partial charge in [0.2, 0.25) is 5.76 Å². The van der Waals surface area contributed by atoms with E-state index in [4.69, 9.17) is 14.2 Å². The number of hydrogen-bond acceptors (Lipinski definition) is 5. The molecule has 0 unspecified atom stereocenters. The average Bonchev–Trinajstić information content (AvgIpc) is 2.79. The van der Waals surface area contributed by atoms with E-state index in [0.717, 1.165) is 28.9 Å². The lowest BCUT2D eigenvalue weighted by molar-refractivity contribution is -0.152. The monoisotopic (exact) mass is 478 g/mol. The van der Waals surface area contributed by atoms with Crippen LogP contribution in [-0.4, -0.2) is 24.0 Å². The van der Waals surface area contributed by atoms with Gasteiger partial charge in [-0.2, -0.15) is 0 Å². The standard InChI is InChI=1S/C30H38O5/c1-8-9-10-11-18-33-26-15-13-25(14-16-26)27(31)17-12-24-19-21(2)28(22(3)20-24)34-23(4)29(32)35-30(5,6)7/h12-17,19-20H,4,8-11,18H2,1-3,5-7H3/b17-12+. The summed E-state index contributed by atoms with van der Waals surface area (Å²) in [4.78, 5) is 24.8. The van der Waals surface area contributed by atoms with Gasteiger partial charge in [-0.15, -0.1) is 0 Å². The smallest absolute Gasteiger partial charge is 0.374 e. The molecule has 2 aromatic carbocycles. The van der Waals surface area contributed by atoms with Gasteiger partial charge in [-0.1, -0.05) is 32.3 Å². The summed E-state index contributed by atoms with van der Waals surface area (Å²) in [5, 5.41) is 0. The molecule has 0 aliphatic rings. The van der Waals surface area contributed by atoms with E-state index in [1.807, 2.05) is 38.1 Å². The molecule has 0 aromatic heterocycles. The summed E-state index contributed by atoms with van der Waals surface area (Å²) in [5.41, 5.74) is 2.47. The van der Waals surface area contributed by atoms with Crippen molar-refractivity contribution in [2.45, 2.75) is 72.8 Å². The maximum Gasteiger partial charge on any atom is 0.374 e. The first kappa shape index (κ1) is 27.9. The fraction of sp³-hybridized carbons (Fsp3) is 0.400. The molecule has 5 heteroatoms. The molecule has 0 atom stereocenters. The van der Waals surface area contributed by atoms with Gasteiger partial charge in [0.15, 0.2) is 5.78 Å². The topological polar surface area (TPSA) is 61.8 Å². The van der Waals surface area contributed by atoms with E-state index in [0.29, 0.717) is 17.9 Å². The van der Waals surface area contributed by atoms with Crippen molar-refractivity contribution in [2.24, 2.45) is 0 Å². The van der Waals surface area contributed by atoms with Crippen molar-refractivity contribution < 1.29 is 23.8 Å². The van der Waals surface area contributed by atoms with Crippen molar-refractivity contribution in [3.63, 3.8) is 0 Å². The quantitative estimate of drug-likeness (QED) is 0.105. The van der Waals surface area contributed by atoms with E-state index in [9.17, 15) is 9.59 Å². The minimum Gasteiger partial charge on any atom is -0.494 e. The molecule has 188 valence electrons. The third-order valence-corrected chi connectivity index (χ3v) is 5.17. The van der Waals surface area contributed by atoms with Crippen molar-refractivity contribution >= 4 is 17.8 Å². The summed E-state index contributed by atoms with van der Waals surface area (Å²) in [5.74, 6) is 0.566. The second kappa shape index (κ2) is 12.9. The Labute approximate surface area is 209 Å². The SMILES string of the molecule is C=C(Oc1c(C)cc(/C=C/C(=O)c2ccc(OCCCCCC)cc2)cc1C)C(=O)OC(C)(C)C. The van der Waals surface area contributed by atoms with Crippen LogP contribution in [0.1, 0.15) is 80.4 Å². The van der Waals surface area contributed by atoms with Gasteiger partial charge in [0.05, 0.1) is 6.61 Å². The molecule has 0 heterocycles.